The first kappa shape index (κ1) is 12.9. The van der Waals surface area contributed by atoms with E-state index in [0.29, 0.717) is 11.9 Å². The molecule has 1 atom stereocenters. The van der Waals surface area contributed by atoms with Crippen LogP contribution in [0, 0.1) is 0 Å². The van der Waals surface area contributed by atoms with Crippen LogP contribution in [0.4, 0.5) is 14.6 Å². The van der Waals surface area contributed by atoms with Crippen molar-refractivity contribution in [3.05, 3.63) is 12.3 Å². The number of alkyl halides is 2. The molecule has 0 aliphatic carbocycles. The molecule has 1 rings (SSSR count). The summed E-state index contributed by atoms with van der Waals surface area (Å²) >= 11 is 0. The number of rotatable bonds is 7. The molecule has 0 bridgehead atoms. The number of hydrogen-bond donors (Lipinski definition) is 1. The van der Waals surface area contributed by atoms with E-state index < -0.39 is 6.43 Å². The minimum Gasteiger partial charge on any atom is -0.366 e. The van der Waals surface area contributed by atoms with Crippen LogP contribution in [0.2, 0.25) is 0 Å². The molecular formula is C11H19F2N3. The van der Waals surface area contributed by atoms with E-state index in [0.717, 1.165) is 19.3 Å². The molecule has 3 nitrogen and oxygen atoms in total. The van der Waals surface area contributed by atoms with Crippen molar-refractivity contribution < 1.29 is 8.78 Å². The van der Waals surface area contributed by atoms with Gasteiger partial charge in [-0.2, -0.15) is 5.10 Å². The lowest BCUT2D eigenvalue weighted by Crippen LogP contribution is -2.18. The highest BCUT2D eigenvalue weighted by molar-refractivity contribution is 5.33. The van der Waals surface area contributed by atoms with Crippen molar-refractivity contribution in [2.75, 3.05) is 5.32 Å². The third kappa shape index (κ3) is 4.16. The van der Waals surface area contributed by atoms with Crippen molar-refractivity contribution >= 4 is 5.82 Å². The second kappa shape index (κ2) is 6.45. The summed E-state index contributed by atoms with van der Waals surface area (Å²) in [7, 11) is 0. The van der Waals surface area contributed by atoms with Crippen LogP contribution in [0.1, 0.15) is 33.1 Å². The summed E-state index contributed by atoms with van der Waals surface area (Å²) in [6, 6.07) is 2.11. The second-order valence-corrected chi connectivity index (χ2v) is 3.85. The fourth-order valence-corrected chi connectivity index (χ4v) is 1.62. The molecule has 0 saturated heterocycles. The number of nitrogens with zero attached hydrogens (tertiary/aromatic N) is 2. The first-order valence-corrected chi connectivity index (χ1v) is 5.73. The van der Waals surface area contributed by atoms with Crippen LogP contribution < -0.4 is 5.32 Å². The van der Waals surface area contributed by atoms with Crippen LogP contribution in [0.3, 0.4) is 0 Å². The second-order valence-electron chi connectivity index (χ2n) is 3.85. The summed E-state index contributed by atoms with van der Waals surface area (Å²) in [5.74, 6) is 0.681. The smallest absolute Gasteiger partial charge is 0.257 e. The van der Waals surface area contributed by atoms with Crippen molar-refractivity contribution in [1.82, 2.24) is 9.78 Å². The molecular weight excluding hydrogens is 212 g/mol. The standard InChI is InChI=1S/C11H19F2N3/c1-3-5-9(4-2)14-11-6-7-16(15-11)8-10(12)13/h6-7,9-10H,3-5,8H2,1-2H3,(H,14,15). The van der Waals surface area contributed by atoms with Crippen LogP contribution in [0.25, 0.3) is 0 Å². The van der Waals surface area contributed by atoms with Gasteiger partial charge >= 0.3 is 0 Å². The van der Waals surface area contributed by atoms with Gasteiger partial charge in [0.15, 0.2) is 0 Å². The van der Waals surface area contributed by atoms with Crippen molar-refractivity contribution in [3.63, 3.8) is 0 Å². The highest BCUT2D eigenvalue weighted by Gasteiger charge is 2.08. The molecule has 5 heteroatoms. The van der Waals surface area contributed by atoms with Crippen molar-refractivity contribution in [1.29, 1.82) is 0 Å². The largest absolute Gasteiger partial charge is 0.366 e. The zero-order valence-corrected chi connectivity index (χ0v) is 9.79. The third-order valence-corrected chi connectivity index (χ3v) is 2.45. The Labute approximate surface area is 94.8 Å². The molecule has 1 heterocycles. The van der Waals surface area contributed by atoms with Gasteiger partial charge in [0.1, 0.15) is 12.4 Å². The van der Waals surface area contributed by atoms with Gasteiger partial charge in [0.2, 0.25) is 0 Å². The molecule has 1 aromatic rings. The van der Waals surface area contributed by atoms with Crippen LogP contribution in [0.15, 0.2) is 12.3 Å². The molecule has 0 fully saturated rings. The van der Waals surface area contributed by atoms with Gasteiger partial charge in [-0.3, -0.25) is 4.68 Å². The molecule has 0 aliphatic rings. The van der Waals surface area contributed by atoms with E-state index >= 15 is 0 Å². The maximum atomic E-state index is 12.1. The topological polar surface area (TPSA) is 29.9 Å². The minimum absolute atomic E-state index is 0.341. The summed E-state index contributed by atoms with van der Waals surface area (Å²) in [6.07, 6.45) is 2.40. The Morgan fingerprint density at radius 3 is 2.75 bits per heavy atom. The van der Waals surface area contributed by atoms with Crippen molar-refractivity contribution in [3.8, 4) is 0 Å². The van der Waals surface area contributed by atoms with Gasteiger partial charge in [-0.05, 0) is 12.8 Å². The molecule has 0 aromatic carbocycles. The lowest BCUT2D eigenvalue weighted by Gasteiger charge is -2.15. The molecule has 0 saturated carbocycles. The Hall–Kier alpha value is -1.13. The summed E-state index contributed by atoms with van der Waals surface area (Å²) in [4.78, 5) is 0. The van der Waals surface area contributed by atoms with Crippen LogP contribution in [-0.4, -0.2) is 22.2 Å². The molecule has 16 heavy (non-hydrogen) atoms. The number of hydrogen-bond acceptors (Lipinski definition) is 2. The zero-order chi connectivity index (χ0) is 12.0. The number of anilines is 1. The Kier molecular flexibility index (Phi) is 5.22. The fraction of sp³-hybridized carbons (Fsp3) is 0.727. The Morgan fingerprint density at radius 1 is 1.44 bits per heavy atom. The van der Waals surface area contributed by atoms with E-state index in [-0.39, 0.29) is 6.54 Å². The lowest BCUT2D eigenvalue weighted by molar-refractivity contribution is 0.122. The van der Waals surface area contributed by atoms with Gasteiger partial charge in [0, 0.05) is 18.3 Å². The van der Waals surface area contributed by atoms with Crippen LogP contribution in [-0.2, 0) is 6.54 Å². The minimum atomic E-state index is -2.36. The molecule has 1 unspecified atom stereocenters. The first-order chi connectivity index (χ1) is 7.65. The Morgan fingerprint density at radius 2 is 2.19 bits per heavy atom. The Bertz CT molecular complexity index is 299. The van der Waals surface area contributed by atoms with E-state index in [4.69, 9.17) is 0 Å². The van der Waals surface area contributed by atoms with E-state index in [1.807, 2.05) is 0 Å². The maximum Gasteiger partial charge on any atom is 0.257 e. The fourth-order valence-electron chi connectivity index (χ4n) is 1.62. The lowest BCUT2D eigenvalue weighted by atomic mass is 10.1. The average molecular weight is 231 g/mol. The van der Waals surface area contributed by atoms with Gasteiger partial charge in [-0.1, -0.05) is 20.3 Å². The van der Waals surface area contributed by atoms with E-state index in [1.54, 1.807) is 12.3 Å². The zero-order valence-electron chi connectivity index (χ0n) is 9.79. The van der Waals surface area contributed by atoms with Gasteiger partial charge < -0.3 is 5.32 Å². The summed E-state index contributed by atoms with van der Waals surface area (Å²) in [5, 5.41) is 7.29. The Balaban J connectivity index is 2.50. The molecule has 1 aromatic heterocycles. The monoisotopic (exact) mass is 231 g/mol. The molecule has 0 aliphatic heterocycles. The molecule has 1 N–H and O–H groups in total. The number of nitrogens with one attached hydrogen (secondary N) is 1. The van der Waals surface area contributed by atoms with Crippen LogP contribution in [0.5, 0.6) is 0 Å². The predicted octanol–water partition coefficient (Wildman–Crippen LogP) is 3.14. The van der Waals surface area contributed by atoms with Crippen molar-refractivity contribution in [2.45, 2.75) is 52.1 Å². The first-order valence-electron chi connectivity index (χ1n) is 5.73. The van der Waals surface area contributed by atoms with Crippen LogP contribution >= 0.6 is 0 Å². The quantitative estimate of drug-likeness (QED) is 0.781. The SMILES string of the molecule is CCCC(CC)Nc1ccn(CC(F)F)n1. The summed E-state index contributed by atoms with van der Waals surface area (Å²) in [5.41, 5.74) is 0. The molecule has 92 valence electrons. The molecule has 0 radical (unpaired) electrons. The van der Waals surface area contributed by atoms with E-state index in [1.165, 1.54) is 4.68 Å². The van der Waals surface area contributed by atoms with Gasteiger partial charge in [0.25, 0.3) is 6.43 Å². The van der Waals surface area contributed by atoms with Crippen molar-refractivity contribution in [2.24, 2.45) is 0 Å². The van der Waals surface area contributed by atoms with Gasteiger partial charge in [0.05, 0.1) is 0 Å². The van der Waals surface area contributed by atoms with E-state index in [2.05, 4.69) is 24.3 Å². The van der Waals surface area contributed by atoms with E-state index in [9.17, 15) is 8.78 Å². The summed E-state index contributed by atoms with van der Waals surface area (Å²) in [6.45, 7) is 3.88. The normalized spacial score (nSPS) is 13.1. The average Bonchev–Trinajstić information content (AvgIpc) is 2.64. The maximum absolute atomic E-state index is 12.1. The molecule has 0 spiro atoms. The molecule has 0 amide bonds. The highest BCUT2D eigenvalue weighted by atomic mass is 19.3. The number of halogens is 2. The number of aromatic nitrogens is 2. The predicted molar refractivity (Wildman–Crippen MR) is 60.8 cm³/mol. The summed E-state index contributed by atoms with van der Waals surface area (Å²) < 4.78 is 25.5. The van der Waals surface area contributed by atoms with Gasteiger partial charge in [-0.25, -0.2) is 8.78 Å². The van der Waals surface area contributed by atoms with Gasteiger partial charge in [-0.15, -0.1) is 0 Å². The third-order valence-electron chi connectivity index (χ3n) is 2.45. The highest BCUT2D eigenvalue weighted by Crippen LogP contribution is 2.11.